The third-order valence-electron chi connectivity index (χ3n) is 2.12. The second-order valence-corrected chi connectivity index (χ2v) is 6.28. The molecule has 14 heavy (non-hydrogen) atoms. The van der Waals surface area contributed by atoms with Gasteiger partial charge < -0.3 is 4.74 Å². The summed E-state index contributed by atoms with van der Waals surface area (Å²) in [4.78, 5) is 0. The molecule has 0 heterocycles. The van der Waals surface area contributed by atoms with Gasteiger partial charge in [-0.3, -0.25) is 0 Å². The molecule has 4 nitrogen and oxygen atoms in total. The molecule has 1 rings (SSSR count). The monoisotopic (exact) mass is 285 g/mol. The van der Waals surface area contributed by atoms with Crippen molar-refractivity contribution in [2.45, 2.75) is 30.6 Å². The van der Waals surface area contributed by atoms with Crippen LogP contribution in [0.4, 0.5) is 0 Å². The van der Waals surface area contributed by atoms with Crippen LogP contribution >= 0.6 is 15.9 Å². The lowest BCUT2D eigenvalue weighted by Gasteiger charge is -2.16. The summed E-state index contributed by atoms with van der Waals surface area (Å²) in [7, 11) is -1.51. The van der Waals surface area contributed by atoms with Gasteiger partial charge in [0, 0.05) is 18.5 Å². The SMILES string of the molecule is COCC(CCBr)NS(=O)(=O)C1CC1. The smallest absolute Gasteiger partial charge is 0.214 e. The van der Waals surface area contributed by atoms with Crippen LogP contribution < -0.4 is 4.72 Å². The van der Waals surface area contributed by atoms with Crippen LogP contribution in [0.2, 0.25) is 0 Å². The molecule has 0 aromatic heterocycles. The Bertz CT molecular complexity index is 258. The maximum atomic E-state index is 11.6. The molecule has 0 saturated heterocycles. The van der Waals surface area contributed by atoms with Crippen molar-refractivity contribution in [2.75, 3.05) is 19.0 Å². The zero-order valence-electron chi connectivity index (χ0n) is 8.20. The lowest BCUT2D eigenvalue weighted by atomic mass is 10.3. The summed E-state index contributed by atoms with van der Waals surface area (Å²) in [5.74, 6) is 0. The van der Waals surface area contributed by atoms with Crippen LogP contribution in [0.1, 0.15) is 19.3 Å². The highest BCUT2D eigenvalue weighted by atomic mass is 79.9. The van der Waals surface area contributed by atoms with Crippen molar-refractivity contribution in [1.29, 1.82) is 0 Å². The molecule has 6 heteroatoms. The summed E-state index contributed by atoms with van der Waals surface area (Å²) in [6, 6.07) is -0.107. The molecule has 1 aliphatic rings. The highest BCUT2D eigenvalue weighted by Crippen LogP contribution is 2.27. The Morgan fingerprint density at radius 3 is 2.64 bits per heavy atom. The summed E-state index contributed by atoms with van der Waals surface area (Å²) < 4.78 is 30.8. The van der Waals surface area contributed by atoms with Crippen LogP contribution in [0.15, 0.2) is 0 Å². The highest BCUT2D eigenvalue weighted by Gasteiger charge is 2.36. The second-order valence-electron chi connectivity index (χ2n) is 3.49. The molecular weight excluding hydrogens is 270 g/mol. The van der Waals surface area contributed by atoms with E-state index in [-0.39, 0.29) is 11.3 Å². The van der Waals surface area contributed by atoms with E-state index in [1.165, 1.54) is 0 Å². The van der Waals surface area contributed by atoms with E-state index in [0.717, 1.165) is 24.6 Å². The van der Waals surface area contributed by atoms with Crippen molar-refractivity contribution >= 4 is 26.0 Å². The number of ether oxygens (including phenoxy) is 1. The van der Waals surface area contributed by atoms with Crippen molar-refractivity contribution in [3.63, 3.8) is 0 Å². The molecule has 0 spiro atoms. The summed E-state index contributed by atoms with van der Waals surface area (Å²) in [5.41, 5.74) is 0. The standard InChI is InChI=1S/C8H16BrNO3S/c1-13-6-7(4-5-9)10-14(11,12)8-2-3-8/h7-8,10H,2-6H2,1H3. The number of alkyl halides is 1. The predicted octanol–water partition coefficient (Wildman–Crippen LogP) is 0.868. The minimum Gasteiger partial charge on any atom is -0.383 e. The first-order valence-electron chi connectivity index (χ1n) is 4.66. The number of sulfonamides is 1. The van der Waals surface area contributed by atoms with Gasteiger partial charge in [-0.1, -0.05) is 15.9 Å². The fourth-order valence-corrected chi connectivity index (χ4v) is 3.37. The van der Waals surface area contributed by atoms with E-state index in [9.17, 15) is 8.42 Å². The first-order chi connectivity index (χ1) is 6.60. The molecule has 0 aliphatic heterocycles. The van der Waals surface area contributed by atoms with Gasteiger partial charge in [-0.05, 0) is 19.3 Å². The summed E-state index contributed by atoms with van der Waals surface area (Å²) in [5, 5.41) is 0.617. The van der Waals surface area contributed by atoms with Gasteiger partial charge in [-0.2, -0.15) is 0 Å². The second kappa shape index (κ2) is 5.44. The molecule has 1 unspecified atom stereocenters. The van der Waals surface area contributed by atoms with E-state index >= 15 is 0 Å². The largest absolute Gasteiger partial charge is 0.383 e. The molecule has 1 fully saturated rings. The van der Waals surface area contributed by atoms with Gasteiger partial charge in [-0.15, -0.1) is 0 Å². The van der Waals surface area contributed by atoms with Crippen LogP contribution in [0, 0.1) is 0 Å². The first-order valence-corrected chi connectivity index (χ1v) is 7.33. The van der Waals surface area contributed by atoms with Gasteiger partial charge in [0.05, 0.1) is 11.9 Å². The zero-order chi connectivity index (χ0) is 10.6. The average Bonchev–Trinajstić information content (AvgIpc) is 2.86. The van der Waals surface area contributed by atoms with Gasteiger partial charge >= 0.3 is 0 Å². The third kappa shape index (κ3) is 3.84. The molecule has 1 aliphatic carbocycles. The van der Waals surface area contributed by atoms with E-state index in [1.54, 1.807) is 7.11 Å². The Kier molecular flexibility index (Phi) is 4.82. The van der Waals surface area contributed by atoms with E-state index in [0.29, 0.717) is 6.61 Å². The van der Waals surface area contributed by atoms with Crippen molar-refractivity contribution in [3.05, 3.63) is 0 Å². The lowest BCUT2D eigenvalue weighted by Crippen LogP contribution is -2.40. The Morgan fingerprint density at radius 1 is 1.57 bits per heavy atom. The van der Waals surface area contributed by atoms with E-state index < -0.39 is 10.0 Å². The lowest BCUT2D eigenvalue weighted by molar-refractivity contribution is 0.173. The Morgan fingerprint density at radius 2 is 2.21 bits per heavy atom. The fraction of sp³-hybridized carbons (Fsp3) is 1.00. The van der Waals surface area contributed by atoms with E-state index in [4.69, 9.17) is 4.74 Å². The highest BCUT2D eigenvalue weighted by molar-refractivity contribution is 9.09. The number of rotatable bonds is 7. The molecule has 1 saturated carbocycles. The van der Waals surface area contributed by atoms with Crippen molar-refractivity contribution < 1.29 is 13.2 Å². The minimum absolute atomic E-state index is 0.107. The van der Waals surface area contributed by atoms with Crippen LogP contribution in [0.25, 0.3) is 0 Å². The number of hydrogen-bond acceptors (Lipinski definition) is 3. The number of hydrogen-bond donors (Lipinski definition) is 1. The molecule has 84 valence electrons. The van der Waals surface area contributed by atoms with Crippen LogP contribution in [-0.2, 0) is 14.8 Å². The number of methoxy groups -OCH3 is 1. The molecule has 1 atom stereocenters. The molecule has 0 aromatic carbocycles. The number of halogens is 1. The van der Waals surface area contributed by atoms with Gasteiger partial charge in [-0.25, -0.2) is 13.1 Å². The summed E-state index contributed by atoms with van der Waals surface area (Å²) in [6.07, 6.45) is 2.34. The molecule has 0 amide bonds. The molecule has 1 N–H and O–H groups in total. The molecular formula is C8H16BrNO3S. The molecule has 0 radical (unpaired) electrons. The van der Waals surface area contributed by atoms with Crippen LogP contribution in [-0.4, -0.2) is 38.8 Å². The minimum atomic E-state index is -3.08. The summed E-state index contributed by atoms with van der Waals surface area (Å²) >= 11 is 3.29. The van der Waals surface area contributed by atoms with Crippen molar-refractivity contribution in [1.82, 2.24) is 4.72 Å². The first kappa shape index (κ1) is 12.4. The van der Waals surface area contributed by atoms with Gasteiger partial charge in [0.1, 0.15) is 0 Å². The third-order valence-corrected chi connectivity index (χ3v) is 4.59. The Balaban J connectivity index is 2.44. The van der Waals surface area contributed by atoms with Crippen LogP contribution in [0.5, 0.6) is 0 Å². The molecule has 0 bridgehead atoms. The van der Waals surface area contributed by atoms with Gasteiger partial charge in [0.25, 0.3) is 0 Å². The predicted molar refractivity (Wildman–Crippen MR) is 59.2 cm³/mol. The maximum Gasteiger partial charge on any atom is 0.214 e. The van der Waals surface area contributed by atoms with E-state index in [1.807, 2.05) is 0 Å². The van der Waals surface area contributed by atoms with Crippen molar-refractivity contribution in [3.8, 4) is 0 Å². The van der Waals surface area contributed by atoms with Gasteiger partial charge in [0.2, 0.25) is 10.0 Å². The Hall–Kier alpha value is 0.350. The number of nitrogens with one attached hydrogen (secondary N) is 1. The van der Waals surface area contributed by atoms with Gasteiger partial charge in [0.15, 0.2) is 0 Å². The normalized spacial score (nSPS) is 19.6. The molecule has 0 aromatic rings. The fourth-order valence-electron chi connectivity index (χ4n) is 1.22. The topological polar surface area (TPSA) is 55.4 Å². The van der Waals surface area contributed by atoms with Crippen LogP contribution in [0.3, 0.4) is 0 Å². The Labute approximate surface area is 93.6 Å². The van der Waals surface area contributed by atoms with Crippen molar-refractivity contribution in [2.24, 2.45) is 0 Å². The zero-order valence-corrected chi connectivity index (χ0v) is 10.6. The summed E-state index contributed by atoms with van der Waals surface area (Å²) in [6.45, 7) is 0.428. The quantitative estimate of drug-likeness (QED) is 0.706. The average molecular weight is 286 g/mol. The van der Waals surface area contributed by atoms with E-state index in [2.05, 4.69) is 20.7 Å². The maximum absolute atomic E-state index is 11.6.